The van der Waals surface area contributed by atoms with Crippen LogP contribution in [-0.2, 0) is 14.8 Å². The van der Waals surface area contributed by atoms with Gasteiger partial charge in [0.1, 0.15) is 0 Å². The highest BCUT2D eigenvalue weighted by atomic mass is 79.9. The van der Waals surface area contributed by atoms with E-state index < -0.39 is 28.1 Å². The summed E-state index contributed by atoms with van der Waals surface area (Å²) in [5, 5.41) is 9.68. The van der Waals surface area contributed by atoms with Crippen molar-refractivity contribution in [1.29, 1.82) is 0 Å². The van der Waals surface area contributed by atoms with Gasteiger partial charge in [-0.25, -0.2) is 13.2 Å². The molecule has 0 saturated heterocycles. The molecule has 0 unspecified atom stereocenters. The van der Waals surface area contributed by atoms with Crippen molar-refractivity contribution in [1.82, 2.24) is 4.31 Å². The Balaban J connectivity index is 2.22. The maximum atomic E-state index is 12.7. The number of hydrogen-bond acceptors (Lipinski definition) is 3. The standard InChI is InChI=1S/C19H18BrNO4S/c1-26(24,25)21-17(13-6-3-2-4-7-13)11-10-16(19(22)23)18(21)14-8-5-9-15(20)12-14/h2-10,12,17-18H,11H2,1H3,(H,22,23)/t17-,18-/m0/s1. The van der Waals surface area contributed by atoms with Crippen LogP contribution in [0.2, 0.25) is 0 Å². The molecule has 1 N–H and O–H groups in total. The second-order valence-electron chi connectivity index (χ2n) is 6.18. The minimum Gasteiger partial charge on any atom is -0.478 e. The van der Waals surface area contributed by atoms with Crippen molar-refractivity contribution in [2.45, 2.75) is 18.5 Å². The Hall–Kier alpha value is -1.96. The highest BCUT2D eigenvalue weighted by Crippen LogP contribution is 2.44. The average Bonchev–Trinajstić information content (AvgIpc) is 2.60. The molecule has 7 heteroatoms. The molecule has 0 fully saturated rings. The van der Waals surface area contributed by atoms with Crippen molar-refractivity contribution >= 4 is 31.9 Å². The van der Waals surface area contributed by atoms with Crippen LogP contribution in [0.3, 0.4) is 0 Å². The number of carboxylic acids is 1. The van der Waals surface area contributed by atoms with Crippen LogP contribution in [-0.4, -0.2) is 30.1 Å². The number of hydrogen-bond donors (Lipinski definition) is 1. The second-order valence-corrected chi connectivity index (χ2v) is 8.98. The Kier molecular flexibility index (Phi) is 5.32. The average molecular weight is 436 g/mol. The number of carboxylic acid groups (broad SMARTS) is 1. The molecule has 0 bridgehead atoms. The smallest absolute Gasteiger partial charge is 0.333 e. The van der Waals surface area contributed by atoms with E-state index in [0.29, 0.717) is 12.0 Å². The highest BCUT2D eigenvalue weighted by molar-refractivity contribution is 9.10. The first-order valence-corrected chi connectivity index (χ1v) is 10.7. The first kappa shape index (κ1) is 18.8. The van der Waals surface area contributed by atoms with Crippen LogP contribution in [0.1, 0.15) is 29.6 Å². The minimum atomic E-state index is -3.69. The first-order chi connectivity index (χ1) is 12.3. The van der Waals surface area contributed by atoms with E-state index in [1.54, 1.807) is 24.3 Å². The summed E-state index contributed by atoms with van der Waals surface area (Å²) in [6.45, 7) is 0. The van der Waals surface area contributed by atoms with Gasteiger partial charge in [-0.1, -0.05) is 64.5 Å². The summed E-state index contributed by atoms with van der Waals surface area (Å²) in [6, 6.07) is 15.0. The van der Waals surface area contributed by atoms with Crippen molar-refractivity contribution in [2.75, 3.05) is 6.26 Å². The number of carbonyl (C=O) groups is 1. The van der Waals surface area contributed by atoms with E-state index >= 15 is 0 Å². The Morgan fingerprint density at radius 3 is 2.35 bits per heavy atom. The van der Waals surface area contributed by atoms with Crippen molar-refractivity contribution in [2.24, 2.45) is 0 Å². The lowest BCUT2D eigenvalue weighted by atomic mass is 9.89. The van der Waals surface area contributed by atoms with Crippen LogP contribution in [0.25, 0.3) is 0 Å². The Morgan fingerprint density at radius 1 is 1.12 bits per heavy atom. The van der Waals surface area contributed by atoms with Gasteiger partial charge in [-0.2, -0.15) is 4.31 Å². The molecule has 136 valence electrons. The topological polar surface area (TPSA) is 74.7 Å². The quantitative estimate of drug-likeness (QED) is 0.789. The summed E-state index contributed by atoms with van der Waals surface area (Å²) < 4.78 is 27.5. The summed E-state index contributed by atoms with van der Waals surface area (Å²) in [7, 11) is -3.69. The van der Waals surface area contributed by atoms with E-state index in [1.807, 2.05) is 36.4 Å². The molecule has 2 aromatic rings. The second kappa shape index (κ2) is 7.34. The molecule has 1 aliphatic heterocycles. The lowest BCUT2D eigenvalue weighted by Gasteiger charge is -2.40. The molecule has 0 aliphatic carbocycles. The van der Waals surface area contributed by atoms with Gasteiger partial charge in [0.25, 0.3) is 0 Å². The predicted octanol–water partition coefficient (Wildman–Crippen LogP) is 3.91. The molecular formula is C19H18BrNO4S. The highest BCUT2D eigenvalue weighted by Gasteiger charge is 2.42. The number of halogens is 1. The maximum absolute atomic E-state index is 12.7. The molecule has 0 aromatic heterocycles. The first-order valence-electron chi connectivity index (χ1n) is 8.01. The molecule has 1 heterocycles. The lowest BCUT2D eigenvalue weighted by molar-refractivity contribution is -0.133. The number of benzene rings is 2. The number of rotatable bonds is 4. The summed E-state index contributed by atoms with van der Waals surface area (Å²) >= 11 is 3.38. The van der Waals surface area contributed by atoms with Crippen LogP contribution in [0, 0.1) is 0 Å². The zero-order chi connectivity index (χ0) is 18.9. The Labute approximate surface area is 161 Å². The van der Waals surface area contributed by atoms with Gasteiger partial charge in [0.05, 0.1) is 23.9 Å². The number of aliphatic carboxylic acids is 1. The molecule has 0 spiro atoms. The van der Waals surface area contributed by atoms with Crippen molar-refractivity contribution in [3.8, 4) is 0 Å². The molecule has 0 radical (unpaired) electrons. The number of sulfonamides is 1. The zero-order valence-electron chi connectivity index (χ0n) is 14.0. The molecule has 2 atom stereocenters. The van der Waals surface area contributed by atoms with Crippen molar-refractivity contribution < 1.29 is 18.3 Å². The van der Waals surface area contributed by atoms with E-state index in [1.165, 1.54) is 4.31 Å². The van der Waals surface area contributed by atoms with Gasteiger partial charge in [0, 0.05) is 4.47 Å². The van der Waals surface area contributed by atoms with E-state index in [4.69, 9.17) is 0 Å². The van der Waals surface area contributed by atoms with Crippen molar-refractivity contribution in [3.05, 3.63) is 81.8 Å². The van der Waals surface area contributed by atoms with E-state index in [9.17, 15) is 18.3 Å². The fourth-order valence-electron chi connectivity index (χ4n) is 3.36. The monoisotopic (exact) mass is 435 g/mol. The third-order valence-corrected chi connectivity index (χ3v) is 6.12. The minimum absolute atomic E-state index is 0.0701. The van der Waals surface area contributed by atoms with Gasteiger partial charge in [0.2, 0.25) is 10.0 Å². The Morgan fingerprint density at radius 2 is 1.77 bits per heavy atom. The van der Waals surface area contributed by atoms with Crippen LogP contribution in [0.5, 0.6) is 0 Å². The fraction of sp³-hybridized carbons (Fsp3) is 0.211. The van der Waals surface area contributed by atoms with E-state index in [0.717, 1.165) is 16.3 Å². The normalized spacial score (nSPS) is 21.2. The molecule has 1 aliphatic rings. The summed E-state index contributed by atoms with van der Waals surface area (Å²) in [5.41, 5.74) is 1.51. The van der Waals surface area contributed by atoms with Crippen LogP contribution in [0.15, 0.2) is 70.7 Å². The van der Waals surface area contributed by atoms with Crippen LogP contribution >= 0.6 is 15.9 Å². The summed E-state index contributed by atoms with van der Waals surface area (Å²) in [4.78, 5) is 11.8. The SMILES string of the molecule is CS(=O)(=O)N1[C@@H](c2cccc(Br)c2)C(C(=O)O)=CC[C@H]1c1ccccc1. The van der Waals surface area contributed by atoms with Crippen LogP contribution in [0.4, 0.5) is 0 Å². The molecule has 3 rings (SSSR count). The molecular weight excluding hydrogens is 418 g/mol. The largest absolute Gasteiger partial charge is 0.478 e. The lowest BCUT2D eigenvalue weighted by Crippen LogP contribution is -2.41. The van der Waals surface area contributed by atoms with Gasteiger partial charge in [0.15, 0.2) is 0 Å². The van der Waals surface area contributed by atoms with Gasteiger partial charge >= 0.3 is 5.97 Å². The van der Waals surface area contributed by atoms with Gasteiger partial charge in [-0.15, -0.1) is 0 Å². The Bertz CT molecular complexity index is 957. The summed E-state index contributed by atoms with van der Waals surface area (Å²) in [6.07, 6.45) is 3.06. The molecule has 2 aromatic carbocycles. The predicted molar refractivity (Wildman–Crippen MR) is 103 cm³/mol. The third kappa shape index (κ3) is 3.75. The van der Waals surface area contributed by atoms with Gasteiger partial charge in [-0.3, -0.25) is 0 Å². The summed E-state index contributed by atoms with van der Waals surface area (Å²) in [5.74, 6) is -1.12. The van der Waals surface area contributed by atoms with Crippen molar-refractivity contribution in [3.63, 3.8) is 0 Å². The van der Waals surface area contributed by atoms with Crippen LogP contribution < -0.4 is 0 Å². The van der Waals surface area contributed by atoms with E-state index in [-0.39, 0.29) is 5.57 Å². The molecule has 5 nitrogen and oxygen atoms in total. The van der Waals surface area contributed by atoms with Gasteiger partial charge < -0.3 is 5.11 Å². The molecule has 0 saturated carbocycles. The van der Waals surface area contributed by atoms with E-state index in [2.05, 4.69) is 15.9 Å². The fourth-order valence-corrected chi connectivity index (χ4v) is 5.06. The van der Waals surface area contributed by atoms with Gasteiger partial charge in [-0.05, 0) is 29.7 Å². The maximum Gasteiger partial charge on any atom is 0.333 e. The zero-order valence-corrected chi connectivity index (χ0v) is 16.4. The third-order valence-electron chi connectivity index (χ3n) is 4.40. The number of nitrogens with zero attached hydrogens (tertiary/aromatic N) is 1. The molecule has 0 amide bonds. The molecule has 26 heavy (non-hydrogen) atoms.